The normalized spacial score (nSPS) is 10.7. The highest BCUT2D eigenvalue weighted by molar-refractivity contribution is 5.97. The van der Waals surface area contributed by atoms with Crippen LogP contribution >= 0.6 is 0 Å². The number of aromatic nitrogens is 3. The van der Waals surface area contributed by atoms with Gasteiger partial charge in [-0.15, -0.1) is 0 Å². The van der Waals surface area contributed by atoms with Crippen molar-refractivity contribution in [3.05, 3.63) is 84.3 Å². The van der Waals surface area contributed by atoms with Crippen molar-refractivity contribution in [3.63, 3.8) is 0 Å². The van der Waals surface area contributed by atoms with Crippen LogP contribution in [0.1, 0.15) is 18.1 Å². The van der Waals surface area contributed by atoms with Gasteiger partial charge in [-0.3, -0.25) is 10.1 Å². The fraction of sp³-hybridized carbons (Fsp3) is 0.130. The summed E-state index contributed by atoms with van der Waals surface area (Å²) >= 11 is 0. The van der Waals surface area contributed by atoms with Crippen LogP contribution in [0, 0.1) is 0 Å². The van der Waals surface area contributed by atoms with Crippen molar-refractivity contribution in [1.82, 2.24) is 15.1 Å². The van der Waals surface area contributed by atoms with Crippen molar-refractivity contribution in [1.29, 1.82) is 0 Å². The van der Waals surface area contributed by atoms with E-state index in [1.165, 1.54) is 11.9 Å². The molecule has 4 rings (SSSR count). The average Bonchev–Trinajstić information content (AvgIpc) is 3.18. The Morgan fingerprint density at radius 1 is 1.00 bits per heavy atom. The molecule has 2 aromatic carbocycles. The zero-order valence-electron chi connectivity index (χ0n) is 16.0. The molecule has 1 amide bonds. The second-order valence-corrected chi connectivity index (χ2v) is 6.59. The molecule has 0 unspecified atom stereocenters. The molecule has 2 aromatic heterocycles. The molecule has 0 aliphatic rings. The maximum Gasteiger partial charge on any atom is 0.241 e. The number of nitrogens with zero attached hydrogens (tertiary/aromatic N) is 3. The van der Waals surface area contributed by atoms with Crippen molar-refractivity contribution < 1.29 is 9.32 Å². The van der Waals surface area contributed by atoms with Crippen LogP contribution in [0.5, 0.6) is 0 Å². The highest BCUT2D eigenvalue weighted by Gasteiger charge is 2.22. The van der Waals surface area contributed by atoms with Crippen LogP contribution in [-0.4, -0.2) is 21.0 Å². The molecule has 0 saturated carbocycles. The molecule has 0 fully saturated rings. The summed E-state index contributed by atoms with van der Waals surface area (Å²) in [6.45, 7) is 2.11. The van der Waals surface area contributed by atoms with Crippen molar-refractivity contribution in [2.75, 3.05) is 5.32 Å². The van der Waals surface area contributed by atoms with Crippen LogP contribution in [0.3, 0.4) is 0 Å². The first kappa shape index (κ1) is 18.6. The second kappa shape index (κ2) is 8.48. The Bertz CT molecular complexity index is 1090. The van der Waals surface area contributed by atoms with Crippen LogP contribution in [0.4, 0.5) is 5.88 Å². The first-order valence-electron chi connectivity index (χ1n) is 9.43. The Labute approximate surface area is 168 Å². The van der Waals surface area contributed by atoms with E-state index in [9.17, 15) is 4.79 Å². The predicted octanol–water partition coefficient (Wildman–Crippen LogP) is 4.54. The maximum atomic E-state index is 12.6. The highest BCUT2D eigenvalue weighted by Crippen LogP contribution is 2.36. The van der Waals surface area contributed by atoms with E-state index in [4.69, 9.17) is 4.52 Å². The lowest BCUT2D eigenvalue weighted by Gasteiger charge is -2.06. The lowest BCUT2D eigenvalue weighted by molar-refractivity contribution is -0.115. The van der Waals surface area contributed by atoms with E-state index >= 15 is 0 Å². The summed E-state index contributed by atoms with van der Waals surface area (Å²) in [5.41, 5.74) is 4.94. The molecule has 0 aliphatic heterocycles. The molecule has 29 heavy (non-hydrogen) atoms. The minimum atomic E-state index is -0.185. The molecule has 4 aromatic rings. The maximum absolute atomic E-state index is 12.6. The number of benzene rings is 2. The molecular formula is C23H20N4O2. The number of hydrogen-bond donors (Lipinski definition) is 1. The topological polar surface area (TPSA) is 80.9 Å². The van der Waals surface area contributed by atoms with Crippen molar-refractivity contribution in [3.8, 4) is 22.5 Å². The largest absolute Gasteiger partial charge is 0.337 e. The molecule has 2 heterocycles. The molecule has 6 heteroatoms. The molecule has 0 aliphatic carbocycles. The van der Waals surface area contributed by atoms with E-state index in [-0.39, 0.29) is 18.2 Å². The third-order valence-corrected chi connectivity index (χ3v) is 4.63. The van der Waals surface area contributed by atoms with E-state index in [1.807, 2.05) is 42.5 Å². The number of amides is 1. The smallest absolute Gasteiger partial charge is 0.241 e. The Morgan fingerprint density at radius 2 is 1.79 bits per heavy atom. The van der Waals surface area contributed by atoms with Gasteiger partial charge in [-0.1, -0.05) is 66.7 Å². The molecule has 0 saturated heterocycles. The van der Waals surface area contributed by atoms with Crippen LogP contribution in [0.25, 0.3) is 22.5 Å². The first-order chi connectivity index (χ1) is 14.2. The van der Waals surface area contributed by atoms with Gasteiger partial charge < -0.3 is 4.52 Å². The Hall–Kier alpha value is -3.80. The fourth-order valence-electron chi connectivity index (χ4n) is 3.10. The van der Waals surface area contributed by atoms with Gasteiger partial charge in [0.1, 0.15) is 12.0 Å². The van der Waals surface area contributed by atoms with Gasteiger partial charge in [0.2, 0.25) is 11.8 Å². The Kier molecular flexibility index (Phi) is 5.42. The van der Waals surface area contributed by atoms with Gasteiger partial charge in [0.15, 0.2) is 0 Å². The molecule has 6 nitrogen and oxygen atoms in total. The molecule has 0 atom stereocenters. The molecule has 1 N–H and O–H groups in total. The van der Waals surface area contributed by atoms with Gasteiger partial charge in [0, 0.05) is 11.8 Å². The molecule has 144 valence electrons. The minimum absolute atomic E-state index is 0.185. The van der Waals surface area contributed by atoms with Gasteiger partial charge in [0.05, 0.1) is 17.7 Å². The standard InChI is InChI=1S/C23H20N4O2/c1-2-16-8-10-18(11-9-16)22-21(19-12-13-24-15-25-19)23(29-27-22)26-20(28)14-17-6-4-3-5-7-17/h3-13,15H,2,14H2,1H3,(H,26,28). The van der Waals surface area contributed by atoms with E-state index in [2.05, 4.69) is 39.5 Å². The van der Waals surface area contributed by atoms with E-state index < -0.39 is 0 Å². The van der Waals surface area contributed by atoms with Crippen LogP contribution < -0.4 is 5.32 Å². The lowest BCUT2D eigenvalue weighted by atomic mass is 10.0. The van der Waals surface area contributed by atoms with Gasteiger partial charge in [-0.05, 0) is 23.6 Å². The third-order valence-electron chi connectivity index (χ3n) is 4.63. The number of anilines is 1. The monoisotopic (exact) mass is 384 g/mol. The van der Waals surface area contributed by atoms with Crippen LogP contribution in [0.15, 0.2) is 77.7 Å². The third kappa shape index (κ3) is 4.21. The zero-order valence-corrected chi connectivity index (χ0v) is 16.0. The zero-order chi connectivity index (χ0) is 20.1. The number of hydrogen-bond acceptors (Lipinski definition) is 5. The molecule has 0 spiro atoms. The first-order valence-corrected chi connectivity index (χ1v) is 9.43. The average molecular weight is 384 g/mol. The van der Waals surface area contributed by atoms with Crippen LogP contribution in [-0.2, 0) is 17.6 Å². The predicted molar refractivity (Wildman–Crippen MR) is 111 cm³/mol. The summed E-state index contributed by atoms with van der Waals surface area (Å²) in [7, 11) is 0. The summed E-state index contributed by atoms with van der Waals surface area (Å²) in [5, 5.41) is 7.07. The second-order valence-electron chi connectivity index (χ2n) is 6.59. The molecule has 0 bridgehead atoms. The summed E-state index contributed by atoms with van der Waals surface area (Å²) in [6.07, 6.45) is 4.31. The van der Waals surface area contributed by atoms with Gasteiger partial charge in [-0.25, -0.2) is 9.97 Å². The van der Waals surface area contributed by atoms with E-state index in [0.717, 1.165) is 17.5 Å². The number of nitrogens with one attached hydrogen (secondary N) is 1. The summed E-state index contributed by atoms with van der Waals surface area (Å²) < 4.78 is 5.53. The summed E-state index contributed by atoms with van der Waals surface area (Å²) in [5.74, 6) is 0.0923. The van der Waals surface area contributed by atoms with Gasteiger partial charge in [-0.2, -0.15) is 0 Å². The van der Waals surface area contributed by atoms with Crippen LogP contribution in [0.2, 0.25) is 0 Å². The van der Waals surface area contributed by atoms with Crippen molar-refractivity contribution in [2.45, 2.75) is 19.8 Å². The Morgan fingerprint density at radius 3 is 2.48 bits per heavy atom. The summed E-state index contributed by atoms with van der Waals surface area (Å²) in [4.78, 5) is 20.9. The fourth-order valence-corrected chi connectivity index (χ4v) is 3.10. The van der Waals surface area contributed by atoms with Gasteiger partial charge in [0.25, 0.3) is 0 Å². The number of aryl methyl sites for hydroxylation is 1. The molecular weight excluding hydrogens is 364 g/mol. The van der Waals surface area contributed by atoms with E-state index in [1.54, 1.807) is 12.3 Å². The Balaban J connectivity index is 1.68. The highest BCUT2D eigenvalue weighted by atomic mass is 16.5. The van der Waals surface area contributed by atoms with Crippen molar-refractivity contribution >= 4 is 11.8 Å². The molecule has 0 radical (unpaired) electrons. The number of carbonyl (C=O) groups excluding carboxylic acids is 1. The van der Waals surface area contributed by atoms with Gasteiger partial charge >= 0.3 is 0 Å². The minimum Gasteiger partial charge on any atom is -0.337 e. The quantitative estimate of drug-likeness (QED) is 0.528. The lowest BCUT2D eigenvalue weighted by Crippen LogP contribution is -2.14. The van der Waals surface area contributed by atoms with E-state index in [0.29, 0.717) is 17.0 Å². The summed E-state index contributed by atoms with van der Waals surface area (Å²) in [6, 6.07) is 19.4. The number of rotatable bonds is 6. The number of carbonyl (C=O) groups is 1. The van der Waals surface area contributed by atoms with Crippen molar-refractivity contribution in [2.24, 2.45) is 0 Å². The SMILES string of the molecule is CCc1ccc(-c2noc(NC(=O)Cc3ccccc3)c2-c2ccncn2)cc1.